The Morgan fingerprint density at radius 1 is 1.20 bits per heavy atom. The first kappa shape index (κ1) is 19.8. The van der Waals surface area contributed by atoms with Crippen LogP contribution in [0.1, 0.15) is 11.3 Å². The standard InChI is InChI=1S/C21H18FN5O2S/c1-14-4-5-16(11-18(14)22)24-19(28)13-30-21-26-25-20(15-6-8-23-9-7-15)27(21)12-17-3-2-10-29-17/h2-11H,12-13H2,1H3,(H,24,28). The molecule has 9 heteroatoms. The van der Waals surface area contributed by atoms with Crippen LogP contribution in [0.3, 0.4) is 0 Å². The second-order valence-electron chi connectivity index (χ2n) is 6.51. The van der Waals surface area contributed by atoms with Gasteiger partial charge < -0.3 is 9.73 Å². The Bertz CT molecular complexity index is 1150. The number of halogens is 1. The summed E-state index contributed by atoms with van der Waals surface area (Å²) >= 11 is 1.25. The average Bonchev–Trinajstić information content (AvgIpc) is 3.40. The van der Waals surface area contributed by atoms with Crippen LogP contribution in [0, 0.1) is 12.7 Å². The first-order valence-electron chi connectivity index (χ1n) is 9.15. The zero-order valence-electron chi connectivity index (χ0n) is 16.1. The van der Waals surface area contributed by atoms with Crippen LogP contribution in [0.5, 0.6) is 0 Å². The molecule has 1 amide bonds. The summed E-state index contributed by atoms with van der Waals surface area (Å²) in [6.45, 7) is 2.09. The van der Waals surface area contributed by atoms with E-state index >= 15 is 0 Å². The van der Waals surface area contributed by atoms with Gasteiger partial charge in [-0.2, -0.15) is 0 Å². The van der Waals surface area contributed by atoms with E-state index in [4.69, 9.17) is 4.42 Å². The van der Waals surface area contributed by atoms with Gasteiger partial charge in [0.25, 0.3) is 0 Å². The van der Waals surface area contributed by atoms with Crippen molar-refractivity contribution in [3.05, 3.63) is 78.3 Å². The maximum absolute atomic E-state index is 13.7. The molecule has 0 radical (unpaired) electrons. The smallest absolute Gasteiger partial charge is 0.234 e. The number of anilines is 1. The molecule has 1 N–H and O–H groups in total. The Hall–Kier alpha value is -3.46. The van der Waals surface area contributed by atoms with Crippen LogP contribution < -0.4 is 5.32 Å². The normalized spacial score (nSPS) is 10.9. The van der Waals surface area contributed by atoms with E-state index in [1.807, 2.05) is 28.8 Å². The molecule has 3 heterocycles. The van der Waals surface area contributed by atoms with Gasteiger partial charge in [-0.1, -0.05) is 17.8 Å². The molecule has 0 bridgehead atoms. The lowest BCUT2D eigenvalue weighted by Gasteiger charge is -2.09. The fraction of sp³-hybridized carbons (Fsp3) is 0.143. The van der Waals surface area contributed by atoms with E-state index in [1.54, 1.807) is 37.7 Å². The van der Waals surface area contributed by atoms with Gasteiger partial charge >= 0.3 is 0 Å². The van der Waals surface area contributed by atoms with E-state index in [0.717, 1.165) is 11.3 Å². The van der Waals surface area contributed by atoms with E-state index in [2.05, 4.69) is 20.5 Å². The largest absolute Gasteiger partial charge is 0.467 e. The molecule has 0 aliphatic rings. The predicted octanol–water partition coefficient (Wildman–Crippen LogP) is 4.16. The molecule has 0 spiro atoms. The highest BCUT2D eigenvalue weighted by Crippen LogP contribution is 2.25. The van der Waals surface area contributed by atoms with Crippen molar-refractivity contribution in [1.29, 1.82) is 0 Å². The summed E-state index contributed by atoms with van der Waals surface area (Å²) in [5.74, 6) is 0.869. The number of amides is 1. The van der Waals surface area contributed by atoms with Crippen molar-refractivity contribution in [2.24, 2.45) is 0 Å². The molecule has 0 saturated carbocycles. The maximum atomic E-state index is 13.7. The molecule has 0 aliphatic heterocycles. The zero-order valence-corrected chi connectivity index (χ0v) is 16.9. The molecule has 0 saturated heterocycles. The number of carbonyl (C=O) groups is 1. The summed E-state index contributed by atoms with van der Waals surface area (Å²) in [4.78, 5) is 16.4. The average molecular weight is 423 g/mol. The van der Waals surface area contributed by atoms with Crippen LogP contribution in [0.4, 0.5) is 10.1 Å². The van der Waals surface area contributed by atoms with Crippen LogP contribution in [0.2, 0.25) is 0 Å². The molecular formula is C21H18FN5O2S. The number of furan rings is 1. The molecular weight excluding hydrogens is 405 g/mol. The van der Waals surface area contributed by atoms with Gasteiger partial charge in [-0.3, -0.25) is 14.3 Å². The number of hydrogen-bond acceptors (Lipinski definition) is 6. The molecule has 4 rings (SSSR count). The van der Waals surface area contributed by atoms with Crippen LogP contribution in [0.15, 0.2) is 70.7 Å². The minimum absolute atomic E-state index is 0.0993. The highest BCUT2D eigenvalue weighted by Gasteiger charge is 2.17. The van der Waals surface area contributed by atoms with Crippen LogP contribution in [0.25, 0.3) is 11.4 Å². The van der Waals surface area contributed by atoms with Crippen molar-refractivity contribution in [2.75, 3.05) is 11.1 Å². The van der Waals surface area contributed by atoms with Gasteiger partial charge in [-0.25, -0.2) is 4.39 Å². The number of aryl methyl sites for hydroxylation is 1. The molecule has 0 unspecified atom stereocenters. The molecule has 0 aliphatic carbocycles. The Labute approximate surface area is 176 Å². The minimum Gasteiger partial charge on any atom is -0.467 e. The second kappa shape index (κ2) is 8.91. The third-order valence-electron chi connectivity index (χ3n) is 4.34. The molecule has 30 heavy (non-hydrogen) atoms. The van der Waals surface area contributed by atoms with Gasteiger partial charge in [-0.15, -0.1) is 10.2 Å². The van der Waals surface area contributed by atoms with Crippen molar-refractivity contribution >= 4 is 23.4 Å². The van der Waals surface area contributed by atoms with E-state index in [1.165, 1.54) is 17.8 Å². The summed E-state index contributed by atoms with van der Waals surface area (Å²) in [5, 5.41) is 11.8. The fourth-order valence-electron chi connectivity index (χ4n) is 2.81. The van der Waals surface area contributed by atoms with E-state index < -0.39 is 0 Å². The van der Waals surface area contributed by atoms with Gasteiger partial charge in [-0.05, 0) is 48.9 Å². The maximum Gasteiger partial charge on any atom is 0.234 e. The van der Waals surface area contributed by atoms with Gasteiger partial charge in [0, 0.05) is 23.6 Å². The first-order valence-corrected chi connectivity index (χ1v) is 10.1. The Morgan fingerprint density at radius 2 is 2.03 bits per heavy atom. The number of benzene rings is 1. The van der Waals surface area contributed by atoms with Crippen molar-refractivity contribution in [3.8, 4) is 11.4 Å². The number of rotatable bonds is 7. The number of carbonyl (C=O) groups excluding carboxylic acids is 1. The van der Waals surface area contributed by atoms with Crippen molar-refractivity contribution in [2.45, 2.75) is 18.6 Å². The summed E-state index contributed by atoms with van der Waals surface area (Å²) < 4.78 is 21.0. The van der Waals surface area contributed by atoms with Crippen LogP contribution >= 0.6 is 11.8 Å². The number of hydrogen-bond donors (Lipinski definition) is 1. The highest BCUT2D eigenvalue weighted by molar-refractivity contribution is 7.99. The van der Waals surface area contributed by atoms with E-state index in [9.17, 15) is 9.18 Å². The monoisotopic (exact) mass is 423 g/mol. The number of nitrogens with zero attached hydrogens (tertiary/aromatic N) is 4. The summed E-state index contributed by atoms with van der Waals surface area (Å²) in [5.41, 5.74) is 1.80. The summed E-state index contributed by atoms with van der Waals surface area (Å²) in [6, 6.07) is 12.0. The molecule has 4 aromatic rings. The molecule has 0 fully saturated rings. The third-order valence-corrected chi connectivity index (χ3v) is 5.30. The quantitative estimate of drug-likeness (QED) is 0.449. The van der Waals surface area contributed by atoms with Crippen molar-refractivity contribution < 1.29 is 13.6 Å². The molecule has 152 valence electrons. The zero-order chi connectivity index (χ0) is 20.9. The van der Waals surface area contributed by atoms with Crippen molar-refractivity contribution in [1.82, 2.24) is 19.7 Å². The lowest BCUT2D eigenvalue weighted by Crippen LogP contribution is -2.15. The molecule has 0 atom stereocenters. The number of pyridine rings is 1. The van der Waals surface area contributed by atoms with Crippen molar-refractivity contribution in [3.63, 3.8) is 0 Å². The fourth-order valence-corrected chi connectivity index (χ4v) is 3.55. The van der Waals surface area contributed by atoms with E-state index in [-0.39, 0.29) is 17.5 Å². The predicted molar refractivity (Wildman–Crippen MR) is 112 cm³/mol. The number of thioether (sulfide) groups is 1. The molecule has 1 aromatic carbocycles. The van der Waals surface area contributed by atoms with E-state index in [0.29, 0.717) is 28.8 Å². The Balaban J connectivity index is 1.51. The van der Waals surface area contributed by atoms with Gasteiger partial charge in [0.2, 0.25) is 5.91 Å². The Morgan fingerprint density at radius 3 is 2.77 bits per heavy atom. The summed E-state index contributed by atoms with van der Waals surface area (Å²) in [6.07, 6.45) is 4.97. The lowest BCUT2D eigenvalue weighted by atomic mass is 10.2. The molecule has 7 nitrogen and oxygen atoms in total. The number of aromatic nitrogens is 4. The lowest BCUT2D eigenvalue weighted by molar-refractivity contribution is -0.113. The minimum atomic E-state index is -0.361. The number of nitrogens with one attached hydrogen (secondary N) is 1. The van der Waals surface area contributed by atoms with Crippen LogP contribution in [-0.2, 0) is 11.3 Å². The topological polar surface area (TPSA) is 85.8 Å². The Kier molecular flexibility index (Phi) is 5.89. The second-order valence-corrected chi connectivity index (χ2v) is 7.45. The van der Waals surface area contributed by atoms with Gasteiger partial charge in [0.15, 0.2) is 11.0 Å². The summed E-state index contributed by atoms with van der Waals surface area (Å²) in [7, 11) is 0. The highest BCUT2D eigenvalue weighted by atomic mass is 32.2. The van der Waals surface area contributed by atoms with Gasteiger partial charge in [0.05, 0.1) is 18.6 Å². The van der Waals surface area contributed by atoms with Gasteiger partial charge in [0.1, 0.15) is 11.6 Å². The third kappa shape index (κ3) is 4.57. The molecule has 3 aromatic heterocycles. The first-order chi connectivity index (χ1) is 14.6. The SMILES string of the molecule is Cc1ccc(NC(=O)CSc2nnc(-c3ccncc3)n2Cc2ccco2)cc1F. The van der Waals surface area contributed by atoms with Crippen LogP contribution in [-0.4, -0.2) is 31.4 Å².